The van der Waals surface area contributed by atoms with E-state index < -0.39 is 0 Å². The first kappa shape index (κ1) is 15.4. The average molecular weight is 284 g/mol. The third kappa shape index (κ3) is 3.18. The molecule has 2 nitrogen and oxygen atoms in total. The highest BCUT2D eigenvalue weighted by Gasteiger charge is 2.48. The van der Waals surface area contributed by atoms with Crippen molar-refractivity contribution in [3.05, 3.63) is 0 Å². The predicted octanol–water partition coefficient (Wildman–Crippen LogP) is 4.07. The summed E-state index contributed by atoms with van der Waals surface area (Å²) < 4.78 is 6.17. The van der Waals surface area contributed by atoms with Crippen LogP contribution < -0.4 is 0 Å². The number of ether oxygens (including phenoxy) is 1. The summed E-state index contributed by atoms with van der Waals surface area (Å²) >= 11 is 2.05. The predicted molar refractivity (Wildman–Crippen MR) is 81.6 cm³/mol. The minimum absolute atomic E-state index is 0.118. The van der Waals surface area contributed by atoms with Crippen LogP contribution in [-0.4, -0.2) is 29.0 Å². The lowest BCUT2D eigenvalue weighted by molar-refractivity contribution is -0.165. The number of carbonyl (C=O) groups excluding carboxylic acids is 1. The molecule has 0 N–H and O–H groups in total. The monoisotopic (exact) mass is 284 g/mol. The topological polar surface area (TPSA) is 26.3 Å². The van der Waals surface area contributed by atoms with Gasteiger partial charge in [0.2, 0.25) is 0 Å². The molecule has 3 rings (SSSR count). The standard InChI is InChI=1S/C16H28O2S/c1-5-9-19-13-10-11-7-8-12(13)18-14(11)15(17)16(3,4)6-2/h11-14H,5-10H2,1-4H3. The van der Waals surface area contributed by atoms with E-state index in [1.165, 1.54) is 25.0 Å². The van der Waals surface area contributed by atoms with Crippen LogP contribution >= 0.6 is 11.8 Å². The molecule has 3 aliphatic rings. The number of fused-ring (bicyclic) bond motifs is 3. The van der Waals surface area contributed by atoms with Gasteiger partial charge in [-0.05, 0) is 43.8 Å². The van der Waals surface area contributed by atoms with Crippen LogP contribution in [0.15, 0.2) is 0 Å². The van der Waals surface area contributed by atoms with Gasteiger partial charge >= 0.3 is 0 Å². The zero-order valence-electron chi connectivity index (χ0n) is 12.8. The van der Waals surface area contributed by atoms with Gasteiger partial charge in [0.1, 0.15) is 6.10 Å². The molecule has 4 atom stereocenters. The maximum Gasteiger partial charge on any atom is 0.167 e. The fourth-order valence-corrected chi connectivity index (χ4v) is 4.48. The number of rotatable bonds is 6. The summed E-state index contributed by atoms with van der Waals surface area (Å²) in [6, 6.07) is 0. The Labute approximate surface area is 122 Å². The Bertz CT molecular complexity index is 327. The first-order chi connectivity index (χ1) is 8.99. The van der Waals surface area contributed by atoms with Crippen LogP contribution in [0.4, 0.5) is 0 Å². The second-order valence-electron chi connectivity index (χ2n) is 6.68. The van der Waals surface area contributed by atoms with Gasteiger partial charge in [-0.15, -0.1) is 0 Å². The molecule has 3 fully saturated rings. The van der Waals surface area contributed by atoms with Crippen LogP contribution in [0.25, 0.3) is 0 Å². The Morgan fingerprint density at radius 3 is 2.58 bits per heavy atom. The molecule has 0 amide bonds. The van der Waals surface area contributed by atoms with Crippen molar-refractivity contribution >= 4 is 17.5 Å². The second kappa shape index (κ2) is 6.17. The zero-order valence-corrected chi connectivity index (χ0v) is 13.6. The molecule has 0 aromatic rings. The van der Waals surface area contributed by atoms with Gasteiger partial charge in [-0.1, -0.05) is 27.7 Å². The fraction of sp³-hybridized carbons (Fsp3) is 0.938. The average Bonchev–Trinajstić information content (AvgIpc) is 2.44. The molecule has 2 heterocycles. The highest BCUT2D eigenvalue weighted by Crippen LogP contribution is 2.44. The first-order valence-corrected chi connectivity index (χ1v) is 8.85. The Morgan fingerprint density at radius 2 is 2.05 bits per heavy atom. The lowest BCUT2D eigenvalue weighted by Crippen LogP contribution is -2.53. The van der Waals surface area contributed by atoms with Crippen LogP contribution in [0.1, 0.15) is 59.8 Å². The molecule has 2 saturated heterocycles. The van der Waals surface area contributed by atoms with Crippen molar-refractivity contribution in [2.75, 3.05) is 5.75 Å². The highest BCUT2D eigenvalue weighted by atomic mass is 32.2. The molecule has 0 aromatic carbocycles. The summed E-state index contributed by atoms with van der Waals surface area (Å²) in [5, 5.41) is 0.632. The first-order valence-electron chi connectivity index (χ1n) is 7.81. The minimum Gasteiger partial charge on any atom is -0.366 e. The third-order valence-corrected chi connectivity index (χ3v) is 6.43. The van der Waals surface area contributed by atoms with Crippen molar-refractivity contribution in [3.8, 4) is 0 Å². The summed E-state index contributed by atoms with van der Waals surface area (Å²) in [5.41, 5.74) is -0.228. The van der Waals surface area contributed by atoms with Gasteiger partial charge in [-0.25, -0.2) is 0 Å². The van der Waals surface area contributed by atoms with Crippen LogP contribution in [-0.2, 0) is 9.53 Å². The third-order valence-electron chi connectivity index (χ3n) is 4.87. The van der Waals surface area contributed by atoms with Crippen LogP contribution in [0.3, 0.4) is 0 Å². The molecule has 19 heavy (non-hydrogen) atoms. The molecule has 1 saturated carbocycles. The molecule has 2 bridgehead atoms. The smallest absolute Gasteiger partial charge is 0.167 e. The van der Waals surface area contributed by atoms with Crippen molar-refractivity contribution in [1.29, 1.82) is 0 Å². The number of hydrogen-bond donors (Lipinski definition) is 0. The molecular formula is C16H28O2S. The van der Waals surface area contributed by atoms with Crippen LogP contribution in [0, 0.1) is 11.3 Å². The van der Waals surface area contributed by atoms with E-state index in [-0.39, 0.29) is 11.5 Å². The van der Waals surface area contributed by atoms with E-state index >= 15 is 0 Å². The van der Waals surface area contributed by atoms with Gasteiger partial charge in [0.05, 0.1) is 6.10 Å². The Hall–Kier alpha value is -0.0200. The Morgan fingerprint density at radius 1 is 1.32 bits per heavy atom. The Kier molecular flexibility index (Phi) is 4.99. The lowest BCUT2D eigenvalue weighted by Gasteiger charge is -2.48. The fourth-order valence-electron chi connectivity index (χ4n) is 3.14. The largest absolute Gasteiger partial charge is 0.366 e. The molecule has 0 aromatic heterocycles. The van der Waals surface area contributed by atoms with Gasteiger partial charge < -0.3 is 4.74 Å². The van der Waals surface area contributed by atoms with Gasteiger partial charge in [-0.3, -0.25) is 4.79 Å². The molecule has 1 aliphatic carbocycles. The summed E-state index contributed by atoms with van der Waals surface area (Å²) in [4.78, 5) is 12.6. The number of hydrogen-bond acceptors (Lipinski definition) is 3. The maximum atomic E-state index is 12.6. The molecule has 110 valence electrons. The number of thioether (sulfide) groups is 1. The summed E-state index contributed by atoms with van der Waals surface area (Å²) in [6.07, 6.45) is 5.86. The number of ketones is 1. The lowest BCUT2D eigenvalue weighted by atomic mass is 9.72. The van der Waals surface area contributed by atoms with Crippen molar-refractivity contribution in [2.24, 2.45) is 11.3 Å². The van der Waals surface area contributed by atoms with Crippen molar-refractivity contribution < 1.29 is 9.53 Å². The molecule has 0 radical (unpaired) electrons. The van der Waals surface area contributed by atoms with E-state index in [0.717, 1.165) is 12.8 Å². The number of carbonyl (C=O) groups is 1. The molecule has 3 heteroatoms. The summed E-state index contributed by atoms with van der Waals surface area (Å²) in [7, 11) is 0. The van der Waals surface area contributed by atoms with E-state index in [1.807, 2.05) is 0 Å². The molecular weight excluding hydrogens is 256 g/mol. The van der Waals surface area contributed by atoms with Crippen LogP contribution in [0.5, 0.6) is 0 Å². The Balaban J connectivity index is 2.00. The van der Waals surface area contributed by atoms with Crippen LogP contribution in [0.2, 0.25) is 0 Å². The molecule has 2 aliphatic heterocycles. The normalized spacial score (nSPS) is 34.5. The van der Waals surface area contributed by atoms with E-state index in [2.05, 4.69) is 39.5 Å². The van der Waals surface area contributed by atoms with Crippen molar-refractivity contribution in [3.63, 3.8) is 0 Å². The van der Waals surface area contributed by atoms with E-state index in [9.17, 15) is 4.79 Å². The SMILES string of the molecule is CCCSC1CC2CCC1OC2C(=O)C(C)(C)CC. The maximum absolute atomic E-state index is 12.6. The summed E-state index contributed by atoms with van der Waals surface area (Å²) in [6.45, 7) is 8.44. The zero-order chi connectivity index (χ0) is 14.0. The van der Waals surface area contributed by atoms with Gasteiger partial charge in [0.25, 0.3) is 0 Å². The van der Waals surface area contributed by atoms with Gasteiger partial charge in [0, 0.05) is 10.7 Å². The number of Topliss-reactive ketones (excluding diaryl/α,β-unsaturated/α-hetero) is 1. The summed E-state index contributed by atoms with van der Waals surface area (Å²) in [5.74, 6) is 2.03. The quantitative estimate of drug-likeness (QED) is 0.735. The van der Waals surface area contributed by atoms with E-state index in [0.29, 0.717) is 23.1 Å². The van der Waals surface area contributed by atoms with Gasteiger partial charge in [0.15, 0.2) is 5.78 Å². The van der Waals surface area contributed by atoms with E-state index in [1.54, 1.807) is 0 Å². The minimum atomic E-state index is -0.228. The molecule has 4 unspecified atom stereocenters. The second-order valence-corrected chi connectivity index (χ2v) is 8.03. The van der Waals surface area contributed by atoms with E-state index in [4.69, 9.17) is 4.74 Å². The highest BCUT2D eigenvalue weighted by molar-refractivity contribution is 7.99. The van der Waals surface area contributed by atoms with Crippen molar-refractivity contribution in [2.45, 2.75) is 77.3 Å². The van der Waals surface area contributed by atoms with Gasteiger partial charge in [-0.2, -0.15) is 11.8 Å². The molecule has 0 spiro atoms. The van der Waals surface area contributed by atoms with Crippen molar-refractivity contribution in [1.82, 2.24) is 0 Å².